The van der Waals surface area contributed by atoms with Crippen LogP contribution in [0.4, 0.5) is 0 Å². The summed E-state index contributed by atoms with van der Waals surface area (Å²) >= 11 is 0. The van der Waals surface area contributed by atoms with Crippen LogP contribution in [0.2, 0.25) is 0 Å². The number of hydrogen-bond acceptors (Lipinski definition) is 2. The second kappa shape index (κ2) is 6.66. The highest BCUT2D eigenvalue weighted by Gasteiger charge is 2.69. The third-order valence-electron chi connectivity index (χ3n) is 13.4. The Morgan fingerprint density at radius 2 is 1.50 bits per heavy atom. The Hall–Kier alpha value is -0.340. The number of aliphatic hydroxyl groups is 2. The number of fused-ring (bicyclic) bond motifs is 7. The predicted molar refractivity (Wildman–Crippen MR) is 132 cm³/mol. The van der Waals surface area contributed by atoms with Gasteiger partial charge >= 0.3 is 0 Å². The van der Waals surface area contributed by atoms with Gasteiger partial charge in [-0.15, -0.1) is 0 Å². The van der Waals surface area contributed by atoms with E-state index in [4.69, 9.17) is 0 Å². The van der Waals surface area contributed by atoms with E-state index in [1.165, 1.54) is 32.1 Å². The molecule has 0 saturated heterocycles. The fourth-order valence-electron chi connectivity index (χ4n) is 10.9. The molecule has 2 N–H and O–H groups in total. The van der Waals surface area contributed by atoms with E-state index in [2.05, 4.69) is 61.5 Å². The van der Waals surface area contributed by atoms with Crippen molar-refractivity contribution < 1.29 is 10.2 Å². The quantitative estimate of drug-likeness (QED) is 0.391. The molecule has 0 bridgehead atoms. The topological polar surface area (TPSA) is 40.5 Å². The molecule has 32 heavy (non-hydrogen) atoms. The van der Waals surface area contributed by atoms with E-state index >= 15 is 0 Å². The smallest absolute Gasteiger partial charge is 0.0715 e. The van der Waals surface area contributed by atoms with Crippen LogP contribution < -0.4 is 0 Å². The maximum Gasteiger partial charge on any atom is 0.0715 e. The number of rotatable bonds is 0. The molecule has 4 saturated carbocycles. The van der Waals surface area contributed by atoms with Gasteiger partial charge in [0.15, 0.2) is 0 Å². The van der Waals surface area contributed by atoms with Crippen molar-refractivity contribution in [1.29, 1.82) is 0 Å². The van der Waals surface area contributed by atoms with Crippen molar-refractivity contribution in [3.05, 3.63) is 11.6 Å². The van der Waals surface area contributed by atoms with Gasteiger partial charge in [-0.05, 0) is 110 Å². The lowest BCUT2D eigenvalue weighted by Gasteiger charge is -2.72. The standard InChI is InChI=1S/C30H50O2/c1-19-11-14-26(4)17-18-28(6)20(24(26)30(19,8)32)9-10-22-27(5)15-13-23(31)25(2,3)21(27)12-16-29(22,28)7/h9,19,21-24,31-32H,10-18H2,1-8H3/t19-,21?,22-,23+,24+,26-,27+,28-,29-,30-/m1/s1. The van der Waals surface area contributed by atoms with Gasteiger partial charge in [-0.25, -0.2) is 0 Å². The molecular weight excluding hydrogens is 392 g/mol. The number of aliphatic hydroxyl groups excluding tert-OH is 1. The summed E-state index contributed by atoms with van der Waals surface area (Å²) in [5.74, 6) is 1.93. The van der Waals surface area contributed by atoms with Crippen molar-refractivity contribution in [2.45, 2.75) is 125 Å². The molecule has 0 radical (unpaired) electrons. The Labute approximate surface area is 197 Å². The SMILES string of the molecule is C[C@@H]1CC[C@]2(C)CC[C@]3(C)C(=CC[C@@H]4[C@@]5(C)CC[C@H](O)C(C)(C)C5CC[C@]43C)[C@@H]2[C@]1(C)O. The highest BCUT2D eigenvalue weighted by atomic mass is 16.3. The van der Waals surface area contributed by atoms with Crippen molar-refractivity contribution in [2.24, 2.45) is 50.7 Å². The van der Waals surface area contributed by atoms with Gasteiger partial charge in [0.05, 0.1) is 11.7 Å². The zero-order chi connectivity index (χ0) is 23.5. The molecule has 0 aliphatic heterocycles. The fourth-order valence-corrected chi connectivity index (χ4v) is 10.9. The summed E-state index contributed by atoms with van der Waals surface area (Å²) < 4.78 is 0. The molecule has 1 unspecified atom stereocenters. The van der Waals surface area contributed by atoms with Gasteiger partial charge in [0.25, 0.3) is 0 Å². The summed E-state index contributed by atoms with van der Waals surface area (Å²) in [5.41, 5.74) is 2.01. The summed E-state index contributed by atoms with van der Waals surface area (Å²) in [7, 11) is 0. The van der Waals surface area contributed by atoms with Crippen molar-refractivity contribution in [3.8, 4) is 0 Å². The first kappa shape index (κ1) is 23.4. The minimum atomic E-state index is -0.609. The lowest BCUT2D eigenvalue weighted by Crippen LogP contribution is -2.66. The molecule has 0 aromatic heterocycles. The predicted octanol–water partition coefficient (Wildman–Crippen LogP) is 7.14. The van der Waals surface area contributed by atoms with Crippen LogP contribution >= 0.6 is 0 Å². The van der Waals surface area contributed by atoms with Gasteiger partial charge in [0, 0.05) is 5.92 Å². The third kappa shape index (κ3) is 2.61. The Bertz CT molecular complexity index is 820. The molecule has 0 aromatic rings. The fraction of sp³-hybridized carbons (Fsp3) is 0.933. The Morgan fingerprint density at radius 1 is 0.812 bits per heavy atom. The minimum Gasteiger partial charge on any atom is -0.393 e. The van der Waals surface area contributed by atoms with E-state index in [0.29, 0.717) is 29.1 Å². The summed E-state index contributed by atoms with van der Waals surface area (Å²) in [6, 6.07) is 0. The molecule has 182 valence electrons. The first-order valence-corrected chi connectivity index (χ1v) is 13.8. The number of allylic oxidation sites excluding steroid dienone is 1. The van der Waals surface area contributed by atoms with Crippen molar-refractivity contribution in [3.63, 3.8) is 0 Å². The van der Waals surface area contributed by atoms with E-state index in [1.807, 2.05) is 0 Å². The maximum absolute atomic E-state index is 11.9. The van der Waals surface area contributed by atoms with Crippen molar-refractivity contribution >= 4 is 0 Å². The van der Waals surface area contributed by atoms with Gasteiger partial charge < -0.3 is 10.2 Å². The van der Waals surface area contributed by atoms with Gasteiger partial charge in [-0.1, -0.05) is 60.1 Å². The Kier molecular flexibility index (Phi) is 4.87. The van der Waals surface area contributed by atoms with Crippen LogP contribution in [0.25, 0.3) is 0 Å². The molecule has 0 heterocycles. The normalized spacial score (nSPS) is 59.2. The summed E-state index contributed by atoms with van der Waals surface area (Å²) in [5, 5.41) is 22.8. The molecular formula is C30H50O2. The van der Waals surface area contributed by atoms with E-state index in [-0.39, 0.29) is 27.8 Å². The molecule has 0 aromatic carbocycles. The summed E-state index contributed by atoms with van der Waals surface area (Å²) in [6.45, 7) is 19.4. The van der Waals surface area contributed by atoms with Crippen LogP contribution in [0.1, 0.15) is 113 Å². The summed E-state index contributed by atoms with van der Waals surface area (Å²) in [6.07, 6.45) is 13.2. The molecule has 4 fully saturated rings. The van der Waals surface area contributed by atoms with Crippen LogP contribution in [0.15, 0.2) is 11.6 Å². The molecule has 0 amide bonds. The second-order valence-corrected chi connectivity index (χ2v) is 14.9. The molecule has 5 aliphatic carbocycles. The van der Waals surface area contributed by atoms with Crippen LogP contribution in [0.5, 0.6) is 0 Å². The lowest BCUT2D eigenvalue weighted by molar-refractivity contribution is -0.212. The molecule has 0 spiro atoms. The average molecular weight is 443 g/mol. The van der Waals surface area contributed by atoms with E-state index in [0.717, 1.165) is 25.7 Å². The first-order valence-electron chi connectivity index (χ1n) is 13.8. The molecule has 10 atom stereocenters. The first-order chi connectivity index (χ1) is 14.6. The molecule has 5 aliphatic rings. The monoisotopic (exact) mass is 442 g/mol. The molecule has 2 nitrogen and oxygen atoms in total. The highest BCUT2D eigenvalue weighted by Crippen LogP contribution is 2.75. The summed E-state index contributed by atoms with van der Waals surface area (Å²) in [4.78, 5) is 0. The zero-order valence-electron chi connectivity index (χ0n) is 22.2. The van der Waals surface area contributed by atoms with Crippen LogP contribution in [0.3, 0.4) is 0 Å². The molecule has 2 heteroatoms. The van der Waals surface area contributed by atoms with Gasteiger partial charge in [0.2, 0.25) is 0 Å². The second-order valence-electron chi connectivity index (χ2n) is 14.9. The van der Waals surface area contributed by atoms with Crippen LogP contribution in [-0.2, 0) is 0 Å². The highest BCUT2D eigenvalue weighted by molar-refractivity contribution is 5.35. The van der Waals surface area contributed by atoms with Crippen LogP contribution in [0, 0.1) is 50.7 Å². The Balaban J connectivity index is 1.61. The largest absolute Gasteiger partial charge is 0.393 e. The van der Waals surface area contributed by atoms with Crippen molar-refractivity contribution in [1.82, 2.24) is 0 Å². The van der Waals surface area contributed by atoms with Crippen LogP contribution in [-0.4, -0.2) is 21.9 Å². The Morgan fingerprint density at radius 3 is 2.19 bits per heavy atom. The maximum atomic E-state index is 11.9. The van der Waals surface area contributed by atoms with Gasteiger partial charge in [-0.3, -0.25) is 0 Å². The van der Waals surface area contributed by atoms with Gasteiger partial charge in [0.1, 0.15) is 0 Å². The molecule has 5 rings (SSSR count). The number of hydrogen-bond donors (Lipinski definition) is 2. The van der Waals surface area contributed by atoms with Crippen molar-refractivity contribution in [2.75, 3.05) is 0 Å². The van der Waals surface area contributed by atoms with Gasteiger partial charge in [-0.2, -0.15) is 0 Å². The van der Waals surface area contributed by atoms with E-state index in [1.54, 1.807) is 5.57 Å². The zero-order valence-corrected chi connectivity index (χ0v) is 22.2. The van der Waals surface area contributed by atoms with E-state index < -0.39 is 5.60 Å². The lowest BCUT2D eigenvalue weighted by atomic mass is 9.33. The average Bonchev–Trinajstić information content (AvgIpc) is 2.69. The third-order valence-corrected chi connectivity index (χ3v) is 13.4. The van der Waals surface area contributed by atoms with E-state index in [9.17, 15) is 10.2 Å². The minimum absolute atomic E-state index is 0.00678.